The standard InChI is InChI=1S/C25H30BrNO9/c1-15-21(17-8-5-4-6-9-17)36-25(31)27(15)24(30)23(32-3)22(34-16(2)29)20-14-18(26)19(35-20)10-7-12-33-13-11-28/h4-6,8-9,14-15,21-23,28H,7,10-13H2,1-3H3/t15-,21-,22+,23-/m0/s1. The van der Waals surface area contributed by atoms with Gasteiger partial charge >= 0.3 is 12.1 Å². The van der Waals surface area contributed by atoms with Crippen molar-refractivity contribution in [2.45, 2.75) is 51.0 Å². The van der Waals surface area contributed by atoms with E-state index in [0.29, 0.717) is 29.7 Å². The number of aliphatic hydroxyl groups is 1. The summed E-state index contributed by atoms with van der Waals surface area (Å²) in [6.07, 6.45) is -2.95. The van der Waals surface area contributed by atoms with Crippen LogP contribution in [-0.2, 0) is 35.0 Å². The summed E-state index contributed by atoms with van der Waals surface area (Å²) in [6.45, 7) is 3.53. The number of esters is 1. The molecule has 1 saturated heterocycles. The molecule has 1 aromatic carbocycles. The van der Waals surface area contributed by atoms with Crippen LogP contribution in [0.4, 0.5) is 4.79 Å². The summed E-state index contributed by atoms with van der Waals surface area (Å²) >= 11 is 3.44. The summed E-state index contributed by atoms with van der Waals surface area (Å²) < 4.78 is 28.2. The largest absolute Gasteiger partial charge is 0.461 e. The average molecular weight is 568 g/mol. The molecule has 0 radical (unpaired) electrons. The van der Waals surface area contributed by atoms with Crippen LogP contribution in [0.2, 0.25) is 0 Å². The third-order valence-electron chi connectivity index (χ3n) is 5.69. The molecule has 2 aromatic rings. The molecular formula is C25H30BrNO9. The van der Waals surface area contributed by atoms with E-state index in [1.807, 2.05) is 30.3 Å². The van der Waals surface area contributed by atoms with E-state index in [-0.39, 0.29) is 19.0 Å². The van der Waals surface area contributed by atoms with E-state index in [0.717, 1.165) is 10.5 Å². The first-order valence-corrected chi connectivity index (χ1v) is 12.3. The van der Waals surface area contributed by atoms with Gasteiger partial charge in [0.2, 0.25) is 0 Å². The van der Waals surface area contributed by atoms with Gasteiger partial charge in [0.1, 0.15) is 17.6 Å². The summed E-state index contributed by atoms with van der Waals surface area (Å²) in [5.41, 5.74) is 0.752. The highest BCUT2D eigenvalue weighted by Crippen LogP contribution is 2.36. The molecule has 0 aliphatic carbocycles. The normalized spacial score (nSPS) is 19.1. The maximum atomic E-state index is 13.6. The molecule has 196 valence electrons. The lowest BCUT2D eigenvalue weighted by atomic mass is 10.0. The average Bonchev–Trinajstić information content (AvgIpc) is 3.37. The highest BCUT2D eigenvalue weighted by molar-refractivity contribution is 9.10. The van der Waals surface area contributed by atoms with Crippen LogP contribution in [0.5, 0.6) is 0 Å². The Balaban J connectivity index is 1.82. The maximum Gasteiger partial charge on any atom is 0.417 e. The highest BCUT2D eigenvalue weighted by atomic mass is 79.9. The number of methoxy groups -OCH3 is 1. The van der Waals surface area contributed by atoms with Gasteiger partial charge in [-0.1, -0.05) is 30.3 Å². The van der Waals surface area contributed by atoms with Gasteiger partial charge in [0.05, 0.1) is 23.7 Å². The molecular weight excluding hydrogens is 538 g/mol. The Kier molecular flexibility index (Phi) is 10.1. The Hall–Kier alpha value is -2.73. The Labute approximate surface area is 217 Å². The minimum atomic E-state index is -1.36. The lowest BCUT2D eigenvalue weighted by Crippen LogP contribution is -2.47. The minimum absolute atomic E-state index is 0.0552. The van der Waals surface area contributed by atoms with Gasteiger partial charge in [-0.15, -0.1) is 0 Å². The quantitative estimate of drug-likeness (QED) is 0.301. The summed E-state index contributed by atoms with van der Waals surface area (Å²) in [4.78, 5) is 39.2. The van der Waals surface area contributed by atoms with Crippen molar-refractivity contribution in [3.05, 3.63) is 58.0 Å². The number of carbonyl (C=O) groups excluding carboxylic acids is 3. The van der Waals surface area contributed by atoms with Gasteiger partial charge in [-0.25, -0.2) is 9.69 Å². The molecule has 0 unspecified atom stereocenters. The molecule has 36 heavy (non-hydrogen) atoms. The summed E-state index contributed by atoms with van der Waals surface area (Å²) in [5, 5.41) is 8.80. The number of hydrogen-bond acceptors (Lipinski definition) is 9. The molecule has 1 N–H and O–H groups in total. The number of halogens is 1. The van der Waals surface area contributed by atoms with Gasteiger partial charge in [-0.2, -0.15) is 0 Å². The zero-order chi connectivity index (χ0) is 26.2. The van der Waals surface area contributed by atoms with Gasteiger partial charge in [0.25, 0.3) is 5.91 Å². The minimum Gasteiger partial charge on any atom is -0.461 e. The number of rotatable bonds is 12. The second kappa shape index (κ2) is 13.0. The number of amides is 2. The lowest BCUT2D eigenvalue weighted by molar-refractivity contribution is -0.164. The number of cyclic esters (lactones) is 1. The zero-order valence-corrected chi connectivity index (χ0v) is 21.9. The topological polar surface area (TPSA) is 125 Å². The van der Waals surface area contributed by atoms with Crippen LogP contribution >= 0.6 is 15.9 Å². The van der Waals surface area contributed by atoms with E-state index in [1.54, 1.807) is 13.0 Å². The smallest absolute Gasteiger partial charge is 0.417 e. The molecule has 0 bridgehead atoms. The van der Waals surface area contributed by atoms with Crippen LogP contribution in [0.25, 0.3) is 0 Å². The van der Waals surface area contributed by atoms with E-state index >= 15 is 0 Å². The number of aryl methyl sites for hydroxylation is 1. The van der Waals surface area contributed by atoms with Crippen LogP contribution in [-0.4, -0.2) is 67.1 Å². The monoisotopic (exact) mass is 567 g/mol. The lowest BCUT2D eigenvalue weighted by Gasteiger charge is -2.27. The molecule has 2 heterocycles. The Morgan fingerprint density at radius 2 is 1.94 bits per heavy atom. The van der Waals surface area contributed by atoms with Crippen molar-refractivity contribution in [3.63, 3.8) is 0 Å². The molecule has 0 saturated carbocycles. The number of ether oxygens (including phenoxy) is 4. The van der Waals surface area contributed by atoms with Gasteiger partial charge in [-0.3, -0.25) is 9.59 Å². The first-order chi connectivity index (χ1) is 17.3. The van der Waals surface area contributed by atoms with Crippen molar-refractivity contribution in [1.29, 1.82) is 0 Å². The third kappa shape index (κ3) is 6.52. The van der Waals surface area contributed by atoms with E-state index in [1.165, 1.54) is 14.0 Å². The van der Waals surface area contributed by atoms with E-state index in [9.17, 15) is 14.4 Å². The van der Waals surface area contributed by atoms with Gasteiger partial charge in [-0.05, 0) is 40.9 Å². The van der Waals surface area contributed by atoms with Gasteiger partial charge in [0, 0.05) is 27.1 Å². The summed E-state index contributed by atoms with van der Waals surface area (Å²) in [7, 11) is 1.29. The van der Waals surface area contributed by atoms with Crippen LogP contribution in [0.15, 0.2) is 45.3 Å². The Morgan fingerprint density at radius 3 is 2.58 bits per heavy atom. The highest BCUT2D eigenvalue weighted by Gasteiger charge is 2.48. The SMILES string of the molecule is CO[C@H](C(=O)N1C(=O)O[C@H](c2ccccc2)[C@@H]1C)[C@H](OC(C)=O)c1cc(Br)c(CCCOCCO)o1. The summed E-state index contributed by atoms with van der Waals surface area (Å²) in [6, 6.07) is 10.1. The van der Waals surface area contributed by atoms with Crippen LogP contribution in [0, 0.1) is 0 Å². The zero-order valence-electron chi connectivity index (χ0n) is 20.3. The molecule has 1 aliphatic rings. The van der Waals surface area contributed by atoms with Crippen LogP contribution in [0.3, 0.4) is 0 Å². The number of hydrogen-bond donors (Lipinski definition) is 1. The molecule has 10 nitrogen and oxygen atoms in total. The predicted octanol–water partition coefficient (Wildman–Crippen LogP) is 3.71. The number of imide groups is 1. The second-order valence-electron chi connectivity index (χ2n) is 8.21. The van der Waals surface area contributed by atoms with Crippen molar-refractivity contribution < 1.29 is 42.9 Å². The summed E-state index contributed by atoms with van der Waals surface area (Å²) in [5.74, 6) is -0.620. The molecule has 1 aliphatic heterocycles. The van der Waals surface area contributed by atoms with Crippen LogP contribution < -0.4 is 0 Å². The Morgan fingerprint density at radius 1 is 1.22 bits per heavy atom. The fourth-order valence-corrected chi connectivity index (χ4v) is 4.53. The maximum absolute atomic E-state index is 13.6. The van der Waals surface area contributed by atoms with Crippen molar-refractivity contribution in [3.8, 4) is 0 Å². The van der Waals surface area contributed by atoms with Crippen LogP contribution in [0.1, 0.15) is 49.6 Å². The Bertz CT molecular complexity index is 1040. The van der Waals surface area contributed by atoms with Crippen molar-refractivity contribution in [2.75, 3.05) is 26.9 Å². The van der Waals surface area contributed by atoms with Gasteiger partial charge < -0.3 is 28.5 Å². The molecule has 0 spiro atoms. The number of furan rings is 1. The number of nitrogens with zero attached hydrogens (tertiary/aromatic N) is 1. The molecule has 4 atom stereocenters. The molecule has 11 heteroatoms. The predicted molar refractivity (Wildman–Crippen MR) is 130 cm³/mol. The van der Waals surface area contributed by atoms with E-state index in [4.69, 9.17) is 28.5 Å². The van der Waals surface area contributed by atoms with Crippen molar-refractivity contribution in [2.24, 2.45) is 0 Å². The second-order valence-corrected chi connectivity index (χ2v) is 9.06. The first kappa shape index (κ1) is 27.9. The van der Waals surface area contributed by atoms with E-state index in [2.05, 4.69) is 15.9 Å². The van der Waals surface area contributed by atoms with E-state index < -0.39 is 42.3 Å². The number of aliphatic hydroxyl groups excluding tert-OH is 1. The third-order valence-corrected chi connectivity index (χ3v) is 6.36. The fourth-order valence-electron chi connectivity index (χ4n) is 4.02. The molecule has 2 amide bonds. The first-order valence-electron chi connectivity index (χ1n) is 11.5. The molecule has 1 aromatic heterocycles. The molecule has 1 fully saturated rings. The number of carbonyl (C=O) groups is 3. The molecule has 3 rings (SSSR count). The van der Waals surface area contributed by atoms with Gasteiger partial charge in [0.15, 0.2) is 12.2 Å². The fraction of sp³-hybridized carbons (Fsp3) is 0.480. The van der Waals surface area contributed by atoms with Crippen molar-refractivity contribution >= 4 is 33.9 Å². The van der Waals surface area contributed by atoms with Crippen molar-refractivity contribution in [1.82, 2.24) is 4.90 Å². The number of benzene rings is 1.